The summed E-state index contributed by atoms with van der Waals surface area (Å²) in [4.78, 5) is 13.1. The molecule has 0 aromatic heterocycles. The summed E-state index contributed by atoms with van der Waals surface area (Å²) in [6.07, 6.45) is 81.7. The summed E-state index contributed by atoms with van der Waals surface area (Å²) in [5.74, 6) is -0.144. The number of allylic oxidation sites excluding steroid dienone is 16. The Hall–Kier alpha value is -2.89. The highest BCUT2D eigenvalue weighted by Crippen LogP contribution is 2.23. The lowest BCUT2D eigenvalue weighted by atomic mass is 9.99. The minimum atomic E-state index is -1.56. The minimum Gasteiger partial charge on any atom is -0.394 e. The number of aliphatic hydroxyl groups excluding tert-OH is 5. The maximum atomic E-state index is 13.1. The number of carbonyl (C=O) groups is 1. The summed E-state index contributed by atoms with van der Waals surface area (Å²) in [5, 5.41) is 54.9. The molecular weight excluding hydrogens is 1020 g/mol. The van der Waals surface area contributed by atoms with Gasteiger partial charge in [-0.1, -0.05) is 317 Å². The molecule has 7 atom stereocenters. The third kappa shape index (κ3) is 49.4. The standard InChI is InChI=1S/C73H129NO8/c1-3-5-7-9-11-13-15-17-19-21-23-25-26-27-28-29-30-31-32-33-34-35-36-37-38-39-40-41-42-43-45-47-49-51-53-55-57-59-61-63-69(77)74-66(65-81-73-72(80)71(79)70(78)68(64-75)82-73)67(76)62-60-58-56-54-52-50-48-46-44-24-22-20-18-16-14-12-10-8-6-4-2/h5,7,11,13,17,19,23,25,27-28,30-31,33-34,36-37,66-68,70-73,75-76,78-80H,3-4,6,8-10,12,14-16,18,20-22,24,26,29,32,35,38-65H2,1-2H3,(H,74,77)/b7-5-,13-11-,19-17-,25-23-,28-27-,31-30-,34-33-,37-36-. The third-order valence-corrected chi connectivity index (χ3v) is 16.0. The third-order valence-electron chi connectivity index (χ3n) is 16.0. The second kappa shape index (κ2) is 61.2. The van der Waals surface area contributed by atoms with Gasteiger partial charge in [0, 0.05) is 6.42 Å². The van der Waals surface area contributed by atoms with E-state index < -0.39 is 49.5 Å². The fourth-order valence-electron chi connectivity index (χ4n) is 10.6. The lowest BCUT2D eigenvalue weighted by Gasteiger charge is -2.40. The Morgan fingerprint density at radius 1 is 0.427 bits per heavy atom. The van der Waals surface area contributed by atoms with Crippen molar-refractivity contribution in [3.05, 3.63) is 97.2 Å². The quantitative estimate of drug-likeness (QED) is 0.0261. The number of hydrogen-bond donors (Lipinski definition) is 6. The summed E-state index contributed by atoms with van der Waals surface area (Å²) >= 11 is 0. The zero-order valence-corrected chi connectivity index (χ0v) is 53.0. The van der Waals surface area contributed by atoms with E-state index in [9.17, 15) is 30.3 Å². The van der Waals surface area contributed by atoms with Gasteiger partial charge in [-0.25, -0.2) is 0 Å². The maximum absolute atomic E-state index is 13.1. The van der Waals surface area contributed by atoms with Crippen LogP contribution in [0.3, 0.4) is 0 Å². The lowest BCUT2D eigenvalue weighted by molar-refractivity contribution is -0.302. The van der Waals surface area contributed by atoms with E-state index in [1.165, 1.54) is 186 Å². The predicted octanol–water partition coefficient (Wildman–Crippen LogP) is 18.7. The number of aliphatic hydroxyl groups is 5. The van der Waals surface area contributed by atoms with Crippen molar-refractivity contribution < 1.29 is 39.8 Å². The molecule has 0 bridgehead atoms. The van der Waals surface area contributed by atoms with Crippen molar-refractivity contribution >= 4 is 5.91 Å². The maximum Gasteiger partial charge on any atom is 0.220 e. The second-order valence-corrected chi connectivity index (χ2v) is 23.6. The normalized spacial score (nSPS) is 18.9. The van der Waals surface area contributed by atoms with Gasteiger partial charge in [-0.05, 0) is 77.0 Å². The van der Waals surface area contributed by atoms with Crippen LogP contribution < -0.4 is 5.32 Å². The average Bonchev–Trinajstić information content (AvgIpc) is 3.52. The van der Waals surface area contributed by atoms with Crippen molar-refractivity contribution in [3.8, 4) is 0 Å². The van der Waals surface area contributed by atoms with Crippen LogP contribution in [0.4, 0.5) is 0 Å². The molecule has 0 aromatic rings. The summed E-state index contributed by atoms with van der Waals surface area (Å²) < 4.78 is 11.4. The van der Waals surface area contributed by atoms with E-state index >= 15 is 0 Å². The van der Waals surface area contributed by atoms with E-state index in [1.807, 2.05) is 0 Å². The minimum absolute atomic E-state index is 0.139. The van der Waals surface area contributed by atoms with Gasteiger partial charge in [0.05, 0.1) is 25.4 Å². The first kappa shape index (κ1) is 77.1. The van der Waals surface area contributed by atoms with Gasteiger partial charge in [0.15, 0.2) is 6.29 Å². The summed E-state index contributed by atoms with van der Waals surface area (Å²) in [7, 11) is 0. The number of ether oxygens (including phenoxy) is 2. The van der Waals surface area contributed by atoms with Crippen molar-refractivity contribution in [2.45, 2.75) is 346 Å². The number of unbranched alkanes of at least 4 members (excludes halogenated alkanes) is 33. The molecule has 1 saturated heterocycles. The van der Waals surface area contributed by atoms with Crippen molar-refractivity contribution in [3.63, 3.8) is 0 Å². The first-order valence-electron chi connectivity index (χ1n) is 34.4. The number of nitrogens with one attached hydrogen (secondary N) is 1. The Bertz CT molecular complexity index is 1620. The van der Waals surface area contributed by atoms with Crippen LogP contribution in [0.2, 0.25) is 0 Å². The number of amides is 1. The van der Waals surface area contributed by atoms with Crippen LogP contribution in [0.25, 0.3) is 0 Å². The molecule has 1 rings (SSSR count). The van der Waals surface area contributed by atoms with Crippen LogP contribution in [0.5, 0.6) is 0 Å². The highest BCUT2D eigenvalue weighted by atomic mass is 16.7. The Balaban J connectivity index is 2.11. The fourth-order valence-corrected chi connectivity index (χ4v) is 10.6. The van der Waals surface area contributed by atoms with Crippen molar-refractivity contribution in [2.75, 3.05) is 13.2 Å². The highest BCUT2D eigenvalue weighted by Gasteiger charge is 2.44. The lowest BCUT2D eigenvalue weighted by Crippen LogP contribution is -2.60. The van der Waals surface area contributed by atoms with E-state index in [1.54, 1.807) is 0 Å². The molecule has 0 aliphatic carbocycles. The fraction of sp³-hybridized carbons (Fsp3) is 0.767. The highest BCUT2D eigenvalue weighted by molar-refractivity contribution is 5.76. The predicted molar refractivity (Wildman–Crippen MR) is 350 cm³/mol. The van der Waals surface area contributed by atoms with Crippen LogP contribution in [0, 0.1) is 0 Å². The van der Waals surface area contributed by atoms with Gasteiger partial charge in [0.1, 0.15) is 24.4 Å². The van der Waals surface area contributed by atoms with Crippen LogP contribution in [-0.4, -0.2) is 87.5 Å². The molecule has 7 unspecified atom stereocenters. The molecule has 474 valence electrons. The van der Waals surface area contributed by atoms with Gasteiger partial charge < -0.3 is 40.3 Å². The van der Waals surface area contributed by atoms with Crippen molar-refractivity contribution in [1.82, 2.24) is 5.32 Å². The largest absolute Gasteiger partial charge is 0.394 e. The molecule has 0 aromatic carbocycles. The molecule has 0 radical (unpaired) electrons. The number of hydrogen-bond acceptors (Lipinski definition) is 8. The Labute approximate surface area is 504 Å². The van der Waals surface area contributed by atoms with Gasteiger partial charge in [-0.3, -0.25) is 4.79 Å². The molecule has 1 aliphatic rings. The summed E-state index contributed by atoms with van der Waals surface area (Å²) in [5.41, 5.74) is 0. The van der Waals surface area contributed by atoms with E-state index in [2.05, 4.69) is 116 Å². The Kier molecular flexibility index (Phi) is 57.6. The zero-order valence-electron chi connectivity index (χ0n) is 53.0. The van der Waals surface area contributed by atoms with Gasteiger partial charge in [-0.15, -0.1) is 0 Å². The van der Waals surface area contributed by atoms with E-state index in [-0.39, 0.29) is 12.5 Å². The summed E-state index contributed by atoms with van der Waals surface area (Å²) in [6.45, 7) is 3.75. The molecule has 1 aliphatic heterocycles. The first-order valence-corrected chi connectivity index (χ1v) is 34.4. The summed E-state index contributed by atoms with van der Waals surface area (Å²) in [6, 6.07) is -0.725. The van der Waals surface area contributed by atoms with Gasteiger partial charge in [-0.2, -0.15) is 0 Å². The van der Waals surface area contributed by atoms with Gasteiger partial charge >= 0.3 is 0 Å². The van der Waals surface area contributed by atoms with Crippen LogP contribution in [0.15, 0.2) is 97.2 Å². The molecule has 9 heteroatoms. The van der Waals surface area contributed by atoms with Gasteiger partial charge in [0.25, 0.3) is 0 Å². The smallest absolute Gasteiger partial charge is 0.220 e. The van der Waals surface area contributed by atoms with E-state index in [0.29, 0.717) is 12.8 Å². The Morgan fingerprint density at radius 3 is 1.12 bits per heavy atom. The topological polar surface area (TPSA) is 149 Å². The molecule has 6 N–H and O–H groups in total. The van der Waals surface area contributed by atoms with Crippen LogP contribution >= 0.6 is 0 Å². The van der Waals surface area contributed by atoms with Crippen molar-refractivity contribution in [2.24, 2.45) is 0 Å². The zero-order chi connectivity index (χ0) is 59.3. The molecule has 1 amide bonds. The molecule has 1 heterocycles. The first-order chi connectivity index (χ1) is 40.3. The molecule has 9 nitrogen and oxygen atoms in total. The second-order valence-electron chi connectivity index (χ2n) is 23.6. The van der Waals surface area contributed by atoms with Crippen molar-refractivity contribution in [1.29, 1.82) is 0 Å². The molecular formula is C73H129NO8. The monoisotopic (exact) mass is 1150 g/mol. The average molecular weight is 1150 g/mol. The Morgan fingerprint density at radius 2 is 0.756 bits per heavy atom. The molecule has 82 heavy (non-hydrogen) atoms. The number of carbonyl (C=O) groups excluding carboxylic acids is 1. The SMILES string of the molecule is CC/C=C\C/C=C\C/C=C\C/C=C\C/C=C\C/C=C\C/C=C\C/C=C\CCCCCCCCCCCCCCCCC(=O)NC(COC1OC(CO)C(O)C(O)C1O)C(O)CCCCCCCCCCCCCCCCCCCCCC. The van der Waals surface area contributed by atoms with Gasteiger partial charge in [0.2, 0.25) is 5.91 Å². The van der Waals surface area contributed by atoms with Crippen LogP contribution in [0.1, 0.15) is 303 Å². The molecule has 1 fully saturated rings. The number of rotatable bonds is 59. The van der Waals surface area contributed by atoms with E-state index in [0.717, 1.165) is 89.9 Å². The van der Waals surface area contributed by atoms with Crippen LogP contribution in [-0.2, 0) is 14.3 Å². The van der Waals surface area contributed by atoms with E-state index in [4.69, 9.17) is 9.47 Å². The molecule has 0 saturated carbocycles. The molecule has 0 spiro atoms.